The largest absolute Gasteiger partial charge is 0.478 e. The number of rotatable bonds is 4. The van der Waals surface area contributed by atoms with E-state index >= 15 is 0 Å². The van der Waals surface area contributed by atoms with Crippen LogP contribution in [0.25, 0.3) is 11.3 Å². The zero-order valence-electron chi connectivity index (χ0n) is 11.6. The Morgan fingerprint density at radius 1 is 1.33 bits per heavy atom. The number of benzene rings is 1. The fraction of sp³-hybridized carbons (Fsp3) is 0.312. The summed E-state index contributed by atoms with van der Waals surface area (Å²) in [7, 11) is 0. The maximum absolute atomic E-state index is 11.1. The van der Waals surface area contributed by atoms with Crippen molar-refractivity contribution in [2.75, 3.05) is 13.1 Å². The standard InChI is InChI=1S/C16H17N3O2/c20-16(21)13-3-1-2-12(9-13)15-14(18-6-7-19-15)8-11-4-5-17-10-11/h1-3,6-7,9,11,17H,4-5,8,10H2,(H,20,21)/t11-/m1/s1. The highest BCUT2D eigenvalue weighted by atomic mass is 16.4. The van der Waals surface area contributed by atoms with Crippen molar-refractivity contribution in [2.45, 2.75) is 12.8 Å². The average Bonchev–Trinajstić information content (AvgIpc) is 3.01. The van der Waals surface area contributed by atoms with Gasteiger partial charge in [0.05, 0.1) is 17.0 Å². The van der Waals surface area contributed by atoms with Crippen LogP contribution < -0.4 is 5.32 Å². The zero-order valence-corrected chi connectivity index (χ0v) is 11.6. The minimum Gasteiger partial charge on any atom is -0.478 e. The van der Waals surface area contributed by atoms with E-state index in [9.17, 15) is 4.79 Å². The summed E-state index contributed by atoms with van der Waals surface area (Å²) in [5.41, 5.74) is 2.80. The minimum atomic E-state index is -0.928. The van der Waals surface area contributed by atoms with E-state index in [4.69, 9.17) is 5.11 Å². The highest BCUT2D eigenvalue weighted by Gasteiger charge is 2.18. The number of nitrogens with zero attached hydrogens (tertiary/aromatic N) is 2. The number of carboxylic acid groups (broad SMARTS) is 1. The summed E-state index contributed by atoms with van der Waals surface area (Å²) in [6, 6.07) is 6.87. The summed E-state index contributed by atoms with van der Waals surface area (Å²) in [6.07, 6.45) is 5.36. The Bertz CT molecular complexity index is 651. The molecular weight excluding hydrogens is 266 g/mol. The molecule has 2 N–H and O–H groups in total. The molecule has 3 rings (SSSR count). The van der Waals surface area contributed by atoms with Crippen molar-refractivity contribution in [3.8, 4) is 11.3 Å². The predicted molar refractivity (Wildman–Crippen MR) is 79.1 cm³/mol. The number of hydrogen-bond acceptors (Lipinski definition) is 4. The normalized spacial score (nSPS) is 17.8. The number of aromatic nitrogens is 2. The van der Waals surface area contributed by atoms with Gasteiger partial charge in [0.15, 0.2) is 0 Å². The van der Waals surface area contributed by atoms with Crippen LogP contribution in [0.2, 0.25) is 0 Å². The van der Waals surface area contributed by atoms with E-state index in [0.29, 0.717) is 5.92 Å². The number of nitrogens with one attached hydrogen (secondary N) is 1. The smallest absolute Gasteiger partial charge is 0.335 e. The third-order valence-electron chi connectivity index (χ3n) is 3.80. The Labute approximate surface area is 123 Å². The van der Waals surface area contributed by atoms with E-state index in [2.05, 4.69) is 15.3 Å². The van der Waals surface area contributed by atoms with Gasteiger partial charge >= 0.3 is 5.97 Å². The van der Waals surface area contributed by atoms with E-state index in [1.807, 2.05) is 6.07 Å². The second-order valence-electron chi connectivity index (χ2n) is 5.30. The van der Waals surface area contributed by atoms with Gasteiger partial charge in [0.25, 0.3) is 0 Å². The van der Waals surface area contributed by atoms with Crippen LogP contribution in [0.3, 0.4) is 0 Å². The third-order valence-corrected chi connectivity index (χ3v) is 3.80. The summed E-state index contributed by atoms with van der Waals surface area (Å²) in [4.78, 5) is 20.0. The number of hydrogen-bond donors (Lipinski definition) is 2. The van der Waals surface area contributed by atoms with E-state index in [1.165, 1.54) is 0 Å². The molecule has 0 saturated carbocycles. The predicted octanol–water partition coefficient (Wildman–Crippen LogP) is 1.99. The molecule has 2 aromatic rings. The fourth-order valence-electron chi connectivity index (χ4n) is 2.72. The van der Waals surface area contributed by atoms with Gasteiger partial charge in [-0.2, -0.15) is 0 Å². The molecule has 5 nitrogen and oxygen atoms in total. The van der Waals surface area contributed by atoms with Gasteiger partial charge < -0.3 is 10.4 Å². The van der Waals surface area contributed by atoms with Crippen LogP contribution in [0.1, 0.15) is 22.5 Å². The lowest BCUT2D eigenvalue weighted by atomic mass is 9.98. The monoisotopic (exact) mass is 283 g/mol. The minimum absolute atomic E-state index is 0.270. The van der Waals surface area contributed by atoms with Gasteiger partial charge in [-0.15, -0.1) is 0 Å². The molecule has 1 aliphatic heterocycles. The van der Waals surface area contributed by atoms with Crippen LogP contribution in [0.15, 0.2) is 36.7 Å². The van der Waals surface area contributed by atoms with Crippen molar-refractivity contribution in [3.05, 3.63) is 47.9 Å². The van der Waals surface area contributed by atoms with Crippen LogP contribution in [0.4, 0.5) is 0 Å². The molecule has 5 heteroatoms. The first-order valence-corrected chi connectivity index (χ1v) is 7.08. The lowest BCUT2D eigenvalue weighted by Crippen LogP contribution is -2.12. The Kier molecular flexibility index (Phi) is 3.92. The van der Waals surface area contributed by atoms with Crippen molar-refractivity contribution in [3.63, 3.8) is 0 Å². The molecule has 2 heterocycles. The number of carboxylic acids is 1. The summed E-state index contributed by atoms with van der Waals surface area (Å²) in [5.74, 6) is -0.356. The highest BCUT2D eigenvalue weighted by Crippen LogP contribution is 2.24. The molecule has 0 aliphatic carbocycles. The molecule has 108 valence electrons. The molecule has 21 heavy (non-hydrogen) atoms. The summed E-state index contributed by atoms with van der Waals surface area (Å²) in [6.45, 7) is 2.06. The van der Waals surface area contributed by atoms with E-state index in [1.54, 1.807) is 30.6 Å². The van der Waals surface area contributed by atoms with Crippen LogP contribution in [-0.2, 0) is 6.42 Å². The number of aromatic carboxylic acids is 1. The van der Waals surface area contributed by atoms with Gasteiger partial charge in [-0.05, 0) is 44.0 Å². The Balaban J connectivity index is 1.94. The van der Waals surface area contributed by atoms with Gasteiger partial charge in [-0.1, -0.05) is 12.1 Å². The Morgan fingerprint density at radius 3 is 2.95 bits per heavy atom. The van der Waals surface area contributed by atoms with Crippen LogP contribution in [-0.4, -0.2) is 34.1 Å². The van der Waals surface area contributed by atoms with Crippen LogP contribution >= 0.6 is 0 Å². The second kappa shape index (κ2) is 6.01. The van der Waals surface area contributed by atoms with Crippen molar-refractivity contribution < 1.29 is 9.90 Å². The molecule has 1 aromatic heterocycles. The Morgan fingerprint density at radius 2 is 2.19 bits per heavy atom. The first kappa shape index (κ1) is 13.7. The molecule has 0 unspecified atom stereocenters. The van der Waals surface area contributed by atoms with Gasteiger partial charge in [0.1, 0.15) is 0 Å². The van der Waals surface area contributed by atoms with Crippen molar-refractivity contribution in [1.29, 1.82) is 0 Å². The molecule has 1 fully saturated rings. The number of carbonyl (C=O) groups is 1. The molecule has 0 bridgehead atoms. The van der Waals surface area contributed by atoms with Gasteiger partial charge in [0.2, 0.25) is 0 Å². The zero-order chi connectivity index (χ0) is 14.7. The van der Waals surface area contributed by atoms with Crippen molar-refractivity contribution in [2.24, 2.45) is 5.92 Å². The lowest BCUT2D eigenvalue weighted by Gasteiger charge is -2.11. The SMILES string of the molecule is O=C(O)c1cccc(-c2nccnc2C[C@H]2CCNC2)c1. The molecule has 0 radical (unpaired) electrons. The first-order chi connectivity index (χ1) is 10.2. The van der Waals surface area contributed by atoms with Crippen molar-refractivity contribution in [1.82, 2.24) is 15.3 Å². The summed E-state index contributed by atoms with van der Waals surface area (Å²) in [5, 5.41) is 12.5. The van der Waals surface area contributed by atoms with E-state index in [0.717, 1.165) is 42.9 Å². The molecule has 1 aromatic carbocycles. The van der Waals surface area contributed by atoms with Gasteiger partial charge in [-0.3, -0.25) is 9.97 Å². The molecule has 1 atom stereocenters. The van der Waals surface area contributed by atoms with Crippen LogP contribution in [0.5, 0.6) is 0 Å². The van der Waals surface area contributed by atoms with Crippen LogP contribution in [0, 0.1) is 5.92 Å². The summed E-state index contributed by atoms with van der Waals surface area (Å²) >= 11 is 0. The average molecular weight is 283 g/mol. The first-order valence-electron chi connectivity index (χ1n) is 7.08. The second-order valence-corrected chi connectivity index (χ2v) is 5.30. The maximum atomic E-state index is 11.1. The Hall–Kier alpha value is -2.27. The molecular formula is C16H17N3O2. The highest BCUT2D eigenvalue weighted by molar-refractivity contribution is 5.89. The molecule has 1 aliphatic rings. The maximum Gasteiger partial charge on any atom is 0.335 e. The molecule has 1 saturated heterocycles. The fourth-order valence-corrected chi connectivity index (χ4v) is 2.72. The van der Waals surface area contributed by atoms with Gasteiger partial charge in [-0.25, -0.2) is 4.79 Å². The van der Waals surface area contributed by atoms with Crippen molar-refractivity contribution >= 4 is 5.97 Å². The van der Waals surface area contributed by atoms with Gasteiger partial charge in [0, 0.05) is 18.0 Å². The van der Waals surface area contributed by atoms with E-state index < -0.39 is 5.97 Å². The third kappa shape index (κ3) is 3.08. The lowest BCUT2D eigenvalue weighted by molar-refractivity contribution is 0.0697. The molecule has 0 spiro atoms. The molecule has 0 amide bonds. The topological polar surface area (TPSA) is 75.1 Å². The summed E-state index contributed by atoms with van der Waals surface area (Å²) < 4.78 is 0. The quantitative estimate of drug-likeness (QED) is 0.897. The van der Waals surface area contributed by atoms with E-state index in [-0.39, 0.29) is 5.56 Å².